The predicted molar refractivity (Wildman–Crippen MR) is 73.2 cm³/mol. The Morgan fingerprint density at radius 2 is 2.11 bits per heavy atom. The van der Waals surface area contributed by atoms with Crippen LogP contribution in [0.4, 0.5) is 0 Å². The van der Waals surface area contributed by atoms with Crippen molar-refractivity contribution in [2.45, 2.75) is 39.9 Å². The van der Waals surface area contributed by atoms with Gasteiger partial charge >= 0.3 is 0 Å². The van der Waals surface area contributed by atoms with Crippen molar-refractivity contribution in [1.29, 1.82) is 0 Å². The maximum Gasteiger partial charge on any atom is 0.0666 e. The molecule has 2 heterocycles. The second-order valence-electron chi connectivity index (χ2n) is 4.52. The van der Waals surface area contributed by atoms with E-state index in [4.69, 9.17) is 0 Å². The minimum Gasteiger partial charge on any atom is -0.351 e. The molecule has 4 nitrogen and oxygen atoms in total. The fraction of sp³-hybridized carbons (Fsp3) is 0.500. The molecule has 18 heavy (non-hydrogen) atoms. The van der Waals surface area contributed by atoms with Gasteiger partial charge < -0.3 is 9.88 Å². The summed E-state index contributed by atoms with van der Waals surface area (Å²) in [7, 11) is 1.98. The fourth-order valence-corrected chi connectivity index (χ4v) is 2.27. The van der Waals surface area contributed by atoms with Crippen LogP contribution in [0.15, 0.2) is 24.5 Å². The lowest BCUT2D eigenvalue weighted by molar-refractivity contribution is 0.627. The Bertz CT molecular complexity index is 496. The molecule has 0 saturated carbocycles. The monoisotopic (exact) mass is 246 g/mol. The highest BCUT2D eigenvalue weighted by molar-refractivity contribution is 5.17. The van der Waals surface area contributed by atoms with E-state index in [1.165, 1.54) is 17.0 Å². The van der Waals surface area contributed by atoms with Crippen molar-refractivity contribution in [3.63, 3.8) is 0 Å². The molecule has 4 heteroatoms. The first-order valence-corrected chi connectivity index (χ1v) is 6.60. The van der Waals surface area contributed by atoms with E-state index in [9.17, 15) is 0 Å². The first kappa shape index (κ1) is 12.9. The predicted octanol–water partition coefficient (Wildman–Crippen LogP) is 2.09. The SMILES string of the molecule is CCc1nn(C)cc1CNCc1cccn1CC. The molecule has 2 aromatic rings. The summed E-state index contributed by atoms with van der Waals surface area (Å²) in [6.45, 7) is 7.12. The zero-order chi connectivity index (χ0) is 13.0. The Hall–Kier alpha value is -1.55. The van der Waals surface area contributed by atoms with E-state index in [2.05, 4.69) is 53.4 Å². The van der Waals surface area contributed by atoms with Gasteiger partial charge in [0.25, 0.3) is 0 Å². The summed E-state index contributed by atoms with van der Waals surface area (Å²) in [5.41, 5.74) is 3.82. The van der Waals surface area contributed by atoms with E-state index in [0.717, 1.165) is 26.1 Å². The topological polar surface area (TPSA) is 34.8 Å². The second kappa shape index (κ2) is 5.87. The number of aryl methyl sites for hydroxylation is 3. The number of hydrogen-bond acceptors (Lipinski definition) is 2. The zero-order valence-corrected chi connectivity index (χ0v) is 11.5. The van der Waals surface area contributed by atoms with Crippen LogP contribution in [0.1, 0.15) is 30.8 Å². The van der Waals surface area contributed by atoms with Crippen LogP contribution in [0.3, 0.4) is 0 Å². The summed E-state index contributed by atoms with van der Waals surface area (Å²) in [6.07, 6.45) is 5.21. The lowest BCUT2D eigenvalue weighted by Gasteiger charge is -2.07. The van der Waals surface area contributed by atoms with Crippen molar-refractivity contribution in [3.05, 3.63) is 41.5 Å². The molecule has 0 spiro atoms. The largest absolute Gasteiger partial charge is 0.351 e. The van der Waals surface area contributed by atoms with Gasteiger partial charge in [0, 0.05) is 50.3 Å². The smallest absolute Gasteiger partial charge is 0.0666 e. The second-order valence-corrected chi connectivity index (χ2v) is 4.52. The van der Waals surface area contributed by atoms with Gasteiger partial charge in [-0.3, -0.25) is 4.68 Å². The van der Waals surface area contributed by atoms with Crippen LogP contribution in [-0.4, -0.2) is 14.3 Å². The number of hydrogen-bond donors (Lipinski definition) is 1. The molecule has 0 atom stereocenters. The molecule has 0 amide bonds. The molecule has 0 bridgehead atoms. The van der Waals surface area contributed by atoms with Crippen molar-refractivity contribution in [3.8, 4) is 0 Å². The van der Waals surface area contributed by atoms with E-state index < -0.39 is 0 Å². The van der Waals surface area contributed by atoms with Crippen molar-refractivity contribution in [1.82, 2.24) is 19.7 Å². The lowest BCUT2D eigenvalue weighted by atomic mass is 10.2. The third kappa shape index (κ3) is 2.82. The van der Waals surface area contributed by atoms with Crippen LogP contribution in [-0.2, 0) is 33.1 Å². The molecule has 0 aliphatic heterocycles. The lowest BCUT2D eigenvalue weighted by Crippen LogP contribution is -2.15. The summed E-state index contributed by atoms with van der Waals surface area (Å²) in [5, 5.41) is 7.94. The van der Waals surface area contributed by atoms with Gasteiger partial charge in [0.15, 0.2) is 0 Å². The highest BCUT2D eigenvalue weighted by atomic mass is 15.3. The van der Waals surface area contributed by atoms with Gasteiger partial charge in [0.05, 0.1) is 5.69 Å². The quantitative estimate of drug-likeness (QED) is 0.847. The Labute approximate surface area is 109 Å². The Kier molecular flexibility index (Phi) is 4.20. The minimum atomic E-state index is 0.881. The van der Waals surface area contributed by atoms with Crippen LogP contribution in [0.25, 0.3) is 0 Å². The van der Waals surface area contributed by atoms with Crippen LogP contribution < -0.4 is 5.32 Å². The van der Waals surface area contributed by atoms with Gasteiger partial charge in [0.2, 0.25) is 0 Å². The molecular weight excluding hydrogens is 224 g/mol. The van der Waals surface area contributed by atoms with Gasteiger partial charge in [-0.1, -0.05) is 6.92 Å². The maximum absolute atomic E-state index is 4.45. The first-order chi connectivity index (χ1) is 8.74. The molecule has 0 unspecified atom stereocenters. The van der Waals surface area contributed by atoms with Crippen LogP contribution in [0, 0.1) is 0 Å². The molecule has 1 N–H and O–H groups in total. The maximum atomic E-state index is 4.45. The third-order valence-corrected chi connectivity index (χ3v) is 3.21. The molecular formula is C14H22N4. The summed E-state index contributed by atoms with van der Waals surface area (Å²) in [4.78, 5) is 0. The highest BCUT2D eigenvalue weighted by Crippen LogP contribution is 2.07. The van der Waals surface area contributed by atoms with E-state index in [1.807, 2.05) is 11.7 Å². The van der Waals surface area contributed by atoms with Crippen molar-refractivity contribution in [2.24, 2.45) is 7.05 Å². The Morgan fingerprint density at radius 3 is 2.83 bits per heavy atom. The van der Waals surface area contributed by atoms with Crippen LogP contribution >= 0.6 is 0 Å². The van der Waals surface area contributed by atoms with Gasteiger partial charge in [-0.05, 0) is 25.5 Å². The molecule has 0 aliphatic rings. The van der Waals surface area contributed by atoms with Gasteiger partial charge in [0.1, 0.15) is 0 Å². The minimum absolute atomic E-state index is 0.881. The van der Waals surface area contributed by atoms with Crippen molar-refractivity contribution in [2.75, 3.05) is 0 Å². The molecule has 98 valence electrons. The summed E-state index contributed by atoms with van der Waals surface area (Å²) in [6, 6.07) is 4.27. The summed E-state index contributed by atoms with van der Waals surface area (Å²) in [5.74, 6) is 0. The van der Waals surface area contributed by atoms with E-state index >= 15 is 0 Å². The highest BCUT2D eigenvalue weighted by Gasteiger charge is 2.05. The van der Waals surface area contributed by atoms with Crippen molar-refractivity contribution >= 4 is 0 Å². The van der Waals surface area contributed by atoms with E-state index in [0.29, 0.717) is 0 Å². The van der Waals surface area contributed by atoms with E-state index in [-0.39, 0.29) is 0 Å². The number of nitrogens with one attached hydrogen (secondary N) is 1. The van der Waals surface area contributed by atoms with E-state index in [1.54, 1.807) is 0 Å². The fourth-order valence-electron chi connectivity index (χ4n) is 2.27. The number of aromatic nitrogens is 3. The summed E-state index contributed by atoms with van der Waals surface area (Å²) < 4.78 is 4.15. The van der Waals surface area contributed by atoms with Crippen LogP contribution in [0.2, 0.25) is 0 Å². The normalized spacial score (nSPS) is 11.1. The average Bonchev–Trinajstić information content (AvgIpc) is 2.95. The standard InChI is InChI=1S/C14H22N4/c1-4-14-12(11-17(3)16-14)9-15-10-13-7-6-8-18(13)5-2/h6-8,11,15H,4-5,9-10H2,1-3H3. The Morgan fingerprint density at radius 1 is 1.28 bits per heavy atom. The van der Waals surface area contributed by atoms with Gasteiger partial charge in [-0.25, -0.2) is 0 Å². The Balaban J connectivity index is 1.92. The molecule has 0 aromatic carbocycles. The summed E-state index contributed by atoms with van der Waals surface area (Å²) >= 11 is 0. The molecule has 2 aromatic heterocycles. The number of rotatable bonds is 6. The molecule has 2 rings (SSSR count). The van der Waals surface area contributed by atoms with Gasteiger partial charge in [-0.2, -0.15) is 5.10 Å². The molecule has 0 aliphatic carbocycles. The number of nitrogens with zero attached hydrogens (tertiary/aromatic N) is 3. The van der Waals surface area contributed by atoms with Gasteiger partial charge in [-0.15, -0.1) is 0 Å². The first-order valence-electron chi connectivity index (χ1n) is 6.60. The molecule has 0 fully saturated rings. The van der Waals surface area contributed by atoms with Crippen molar-refractivity contribution < 1.29 is 0 Å². The third-order valence-electron chi connectivity index (χ3n) is 3.21. The van der Waals surface area contributed by atoms with Crippen LogP contribution in [0.5, 0.6) is 0 Å². The average molecular weight is 246 g/mol. The molecule has 0 saturated heterocycles. The zero-order valence-electron chi connectivity index (χ0n) is 11.5. The molecule has 0 radical (unpaired) electrons.